The fraction of sp³-hybridized carbons (Fsp3) is 0.435. The van der Waals surface area contributed by atoms with Gasteiger partial charge in [0.05, 0.1) is 4.90 Å². The normalized spacial score (nSPS) is 15.8. The average Bonchev–Trinajstić information content (AvgIpc) is 2.72. The summed E-state index contributed by atoms with van der Waals surface area (Å²) in [6, 6.07) is 14.6. The van der Waals surface area contributed by atoms with Crippen LogP contribution in [0, 0.1) is 6.92 Å². The smallest absolute Gasteiger partial charge is 0.260 e. The highest BCUT2D eigenvalue weighted by Crippen LogP contribution is 2.24. The molecule has 7 heteroatoms. The highest BCUT2D eigenvalue weighted by atomic mass is 32.2. The Morgan fingerprint density at radius 1 is 0.933 bits per heavy atom. The van der Waals surface area contributed by atoms with Crippen LogP contribution in [0.5, 0.6) is 5.75 Å². The number of aryl methyl sites for hydroxylation is 1. The molecule has 0 bridgehead atoms. The van der Waals surface area contributed by atoms with E-state index in [1.54, 1.807) is 29.2 Å². The second kappa shape index (κ2) is 8.78. The maximum atomic E-state index is 12.8. The van der Waals surface area contributed by atoms with Gasteiger partial charge in [0, 0.05) is 26.2 Å². The van der Waals surface area contributed by atoms with Crippen molar-refractivity contribution < 1.29 is 17.9 Å². The lowest BCUT2D eigenvalue weighted by atomic mass is 9.87. The molecule has 0 aliphatic carbocycles. The van der Waals surface area contributed by atoms with Crippen molar-refractivity contribution in [1.82, 2.24) is 9.21 Å². The molecule has 0 spiro atoms. The Morgan fingerprint density at radius 3 is 2.03 bits per heavy atom. The summed E-state index contributed by atoms with van der Waals surface area (Å²) in [6.07, 6.45) is 0. The predicted octanol–water partition coefficient (Wildman–Crippen LogP) is 3.20. The molecule has 0 radical (unpaired) electrons. The van der Waals surface area contributed by atoms with Crippen LogP contribution >= 0.6 is 0 Å². The van der Waals surface area contributed by atoms with E-state index in [1.807, 2.05) is 31.2 Å². The molecule has 30 heavy (non-hydrogen) atoms. The number of nitrogens with zero attached hydrogens (tertiary/aromatic N) is 2. The number of sulfonamides is 1. The second-order valence-corrected chi connectivity index (χ2v) is 10.6. The van der Waals surface area contributed by atoms with E-state index in [1.165, 1.54) is 9.87 Å². The van der Waals surface area contributed by atoms with Gasteiger partial charge in [-0.05, 0) is 42.2 Å². The first kappa shape index (κ1) is 22.3. The quantitative estimate of drug-likeness (QED) is 0.731. The van der Waals surface area contributed by atoms with Crippen molar-refractivity contribution in [2.24, 2.45) is 0 Å². The van der Waals surface area contributed by atoms with E-state index in [9.17, 15) is 13.2 Å². The second-order valence-electron chi connectivity index (χ2n) is 8.66. The van der Waals surface area contributed by atoms with Crippen molar-refractivity contribution in [1.29, 1.82) is 0 Å². The number of carbonyl (C=O) groups excluding carboxylic acids is 1. The van der Waals surface area contributed by atoms with Crippen molar-refractivity contribution in [3.63, 3.8) is 0 Å². The van der Waals surface area contributed by atoms with E-state index >= 15 is 0 Å². The number of piperazine rings is 1. The molecule has 2 aromatic carbocycles. The van der Waals surface area contributed by atoms with E-state index in [-0.39, 0.29) is 35.9 Å². The van der Waals surface area contributed by atoms with Crippen LogP contribution in [0.2, 0.25) is 0 Å². The van der Waals surface area contributed by atoms with Crippen molar-refractivity contribution in [3.05, 3.63) is 59.7 Å². The first-order valence-corrected chi connectivity index (χ1v) is 11.6. The third kappa shape index (κ3) is 5.21. The van der Waals surface area contributed by atoms with Gasteiger partial charge in [0.1, 0.15) is 5.75 Å². The highest BCUT2D eigenvalue weighted by molar-refractivity contribution is 7.89. The first-order chi connectivity index (χ1) is 14.1. The zero-order chi connectivity index (χ0) is 21.9. The van der Waals surface area contributed by atoms with E-state index in [0.717, 1.165) is 5.56 Å². The van der Waals surface area contributed by atoms with Crippen molar-refractivity contribution >= 4 is 15.9 Å². The van der Waals surface area contributed by atoms with Gasteiger partial charge in [0.25, 0.3) is 5.91 Å². The number of hydrogen-bond donors (Lipinski definition) is 0. The van der Waals surface area contributed by atoms with Gasteiger partial charge in [-0.2, -0.15) is 4.31 Å². The maximum absolute atomic E-state index is 12.8. The molecule has 1 amide bonds. The zero-order valence-electron chi connectivity index (χ0n) is 18.1. The molecule has 0 aromatic heterocycles. The lowest BCUT2D eigenvalue weighted by Gasteiger charge is -2.34. The predicted molar refractivity (Wildman–Crippen MR) is 117 cm³/mol. The molecule has 1 fully saturated rings. The van der Waals surface area contributed by atoms with Crippen LogP contribution in [-0.4, -0.2) is 56.3 Å². The van der Waals surface area contributed by atoms with Crippen LogP contribution in [0.1, 0.15) is 31.9 Å². The lowest BCUT2D eigenvalue weighted by molar-refractivity contribution is -0.134. The molecule has 0 saturated carbocycles. The molecule has 0 N–H and O–H groups in total. The molecule has 6 nitrogen and oxygen atoms in total. The summed E-state index contributed by atoms with van der Waals surface area (Å²) in [5.41, 5.74) is 2.27. The summed E-state index contributed by atoms with van der Waals surface area (Å²) in [6.45, 7) is 9.57. The van der Waals surface area contributed by atoms with Crippen LogP contribution < -0.4 is 4.74 Å². The standard InChI is InChI=1S/C23H30N2O4S/c1-18-5-11-21(12-6-18)30(27,28)25-15-13-24(14-16-25)22(26)17-29-20-9-7-19(8-10-20)23(2,3)4/h5-12H,13-17H2,1-4H3. The van der Waals surface area contributed by atoms with Crippen LogP contribution in [0.15, 0.2) is 53.4 Å². The van der Waals surface area contributed by atoms with Crippen molar-refractivity contribution in [3.8, 4) is 5.75 Å². The minimum atomic E-state index is -3.54. The lowest BCUT2D eigenvalue weighted by Crippen LogP contribution is -2.51. The Hall–Kier alpha value is -2.38. The van der Waals surface area contributed by atoms with Crippen LogP contribution in [0.4, 0.5) is 0 Å². The first-order valence-electron chi connectivity index (χ1n) is 10.2. The van der Waals surface area contributed by atoms with Gasteiger partial charge < -0.3 is 9.64 Å². The number of ether oxygens (including phenoxy) is 1. The Labute approximate surface area is 179 Å². The van der Waals surface area contributed by atoms with E-state index in [0.29, 0.717) is 18.8 Å². The average molecular weight is 431 g/mol. The monoisotopic (exact) mass is 430 g/mol. The summed E-state index contributed by atoms with van der Waals surface area (Å²) < 4.78 is 32.6. The number of amides is 1. The third-order valence-corrected chi connectivity index (χ3v) is 7.25. The number of rotatable bonds is 5. The number of carbonyl (C=O) groups is 1. The van der Waals surface area contributed by atoms with Crippen LogP contribution in [0.3, 0.4) is 0 Å². The molecular weight excluding hydrogens is 400 g/mol. The molecule has 1 aliphatic rings. The van der Waals surface area contributed by atoms with Gasteiger partial charge >= 0.3 is 0 Å². The maximum Gasteiger partial charge on any atom is 0.260 e. The molecule has 0 unspecified atom stereocenters. The third-order valence-electron chi connectivity index (χ3n) is 5.33. The Kier molecular flexibility index (Phi) is 6.53. The summed E-state index contributed by atoms with van der Waals surface area (Å²) >= 11 is 0. The van der Waals surface area contributed by atoms with Gasteiger partial charge in [-0.3, -0.25) is 4.79 Å². The van der Waals surface area contributed by atoms with Gasteiger partial charge in [-0.15, -0.1) is 0 Å². The van der Waals surface area contributed by atoms with E-state index in [2.05, 4.69) is 20.8 Å². The molecule has 1 heterocycles. The fourth-order valence-electron chi connectivity index (χ4n) is 3.32. The summed E-state index contributed by atoms with van der Waals surface area (Å²) in [4.78, 5) is 14.4. The van der Waals surface area contributed by atoms with Crippen LogP contribution in [-0.2, 0) is 20.2 Å². The molecule has 0 atom stereocenters. The van der Waals surface area contributed by atoms with Crippen molar-refractivity contribution in [2.75, 3.05) is 32.8 Å². The van der Waals surface area contributed by atoms with E-state index < -0.39 is 10.0 Å². The highest BCUT2D eigenvalue weighted by Gasteiger charge is 2.30. The Bertz CT molecular complexity index is 969. The topological polar surface area (TPSA) is 66.9 Å². The summed E-state index contributed by atoms with van der Waals surface area (Å²) in [5, 5.41) is 0. The Morgan fingerprint density at radius 2 is 1.50 bits per heavy atom. The minimum absolute atomic E-state index is 0.0560. The molecule has 162 valence electrons. The van der Waals surface area contributed by atoms with Crippen molar-refractivity contribution in [2.45, 2.75) is 38.0 Å². The number of benzene rings is 2. The largest absolute Gasteiger partial charge is 0.484 e. The molecule has 2 aromatic rings. The zero-order valence-corrected chi connectivity index (χ0v) is 18.9. The van der Waals surface area contributed by atoms with E-state index in [4.69, 9.17) is 4.74 Å². The minimum Gasteiger partial charge on any atom is -0.484 e. The summed E-state index contributed by atoms with van der Waals surface area (Å²) in [7, 11) is -3.54. The summed E-state index contributed by atoms with van der Waals surface area (Å²) in [5.74, 6) is 0.513. The van der Waals surface area contributed by atoms with Gasteiger partial charge in [0.2, 0.25) is 10.0 Å². The SMILES string of the molecule is Cc1ccc(S(=O)(=O)N2CCN(C(=O)COc3ccc(C(C)(C)C)cc3)CC2)cc1. The molecule has 1 aliphatic heterocycles. The van der Waals surface area contributed by atoms with Gasteiger partial charge in [0.15, 0.2) is 6.61 Å². The Balaban J connectivity index is 1.52. The molecule has 1 saturated heterocycles. The van der Waals surface area contributed by atoms with Crippen LogP contribution in [0.25, 0.3) is 0 Å². The number of hydrogen-bond acceptors (Lipinski definition) is 4. The molecular formula is C23H30N2O4S. The van der Waals surface area contributed by atoms with Gasteiger partial charge in [-0.1, -0.05) is 50.6 Å². The molecule has 3 rings (SSSR count). The van der Waals surface area contributed by atoms with Gasteiger partial charge in [-0.25, -0.2) is 8.42 Å². The fourth-order valence-corrected chi connectivity index (χ4v) is 4.75.